The van der Waals surface area contributed by atoms with Crippen molar-refractivity contribution in [2.45, 2.75) is 0 Å². The van der Waals surface area contributed by atoms with Gasteiger partial charge in [0.25, 0.3) is 0 Å². The lowest BCUT2D eigenvalue weighted by atomic mass is 11.6. The van der Waals surface area contributed by atoms with E-state index in [0.717, 1.165) is 0 Å². The Kier molecular flexibility index (Phi) is 11.5. The summed E-state index contributed by atoms with van der Waals surface area (Å²) in [7, 11) is -2.70. The first kappa shape index (κ1) is 15.9. The Morgan fingerprint density at radius 1 is 1.38 bits per heavy atom. The van der Waals surface area contributed by atoms with Crippen LogP contribution >= 0.6 is 32.6 Å². The molecule has 3 N–H and O–H groups in total. The minimum Gasteiger partial charge on any atom is -0.313 e. The predicted molar refractivity (Wildman–Crippen MR) is 35.6 cm³/mol. The summed E-state index contributed by atoms with van der Waals surface area (Å²) in [5.41, 5.74) is 0. The van der Waals surface area contributed by atoms with E-state index < -0.39 is 7.75 Å². The van der Waals surface area contributed by atoms with Gasteiger partial charge in [0.15, 0.2) is 0 Å². The third-order valence-corrected chi connectivity index (χ3v) is 0.874. The van der Waals surface area contributed by atoms with Gasteiger partial charge in [0.2, 0.25) is 0 Å². The highest BCUT2D eigenvalue weighted by atomic mass is 35.5. The number of hydrogen-bond acceptors (Lipinski definition) is 1. The van der Waals surface area contributed by atoms with Gasteiger partial charge < -0.3 is 9.79 Å². The van der Waals surface area contributed by atoms with Crippen LogP contribution in [0.2, 0.25) is 0 Å². The Bertz CT molecular complexity index is 81.4. The molecule has 0 bridgehead atoms. The summed E-state index contributed by atoms with van der Waals surface area (Å²) in [6.45, 7) is 0. The van der Waals surface area contributed by atoms with E-state index in [1.165, 1.54) is 7.05 Å². The summed E-state index contributed by atoms with van der Waals surface area (Å²) >= 11 is 0. The van der Waals surface area contributed by atoms with Gasteiger partial charge in [-0.1, -0.05) is 0 Å². The van der Waals surface area contributed by atoms with E-state index in [1.807, 2.05) is 0 Å². The third-order valence-electron chi connectivity index (χ3n) is 0.291. The highest BCUT2D eigenvalue weighted by molar-refractivity contribution is 7.49. The molecule has 8 heavy (non-hydrogen) atoms. The number of hydrogen-bond donors (Lipinski definition) is 3. The van der Waals surface area contributed by atoms with Crippen LogP contribution in [-0.2, 0) is 4.57 Å². The van der Waals surface area contributed by atoms with Gasteiger partial charge >= 0.3 is 7.75 Å². The monoisotopic (exact) mass is 183 g/mol. The molecule has 0 spiro atoms. The minimum absolute atomic E-state index is 0. The predicted octanol–water partition coefficient (Wildman–Crippen LogP) is 0.142. The van der Waals surface area contributed by atoms with Crippen molar-refractivity contribution in [1.82, 2.24) is 5.09 Å². The lowest BCUT2D eigenvalue weighted by Gasteiger charge is -1.95. The average Bonchev–Trinajstić information content (AvgIpc) is 1.35. The zero-order valence-electron chi connectivity index (χ0n) is 4.07. The van der Waals surface area contributed by atoms with Crippen LogP contribution in [0, 0.1) is 0 Å². The molecule has 0 saturated heterocycles. The van der Waals surface area contributed by atoms with Crippen molar-refractivity contribution >= 4 is 32.6 Å². The molecule has 0 aliphatic carbocycles. The Morgan fingerprint density at radius 2 is 1.50 bits per heavy atom. The zero-order chi connectivity index (χ0) is 5.21. The van der Waals surface area contributed by atoms with Gasteiger partial charge in [0.1, 0.15) is 0 Å². The molecule has 0 saturated carbocycles. The van der Waals surface area contributed by atoms with Gasteiger partial charge in [0, 0.05) is 0 Å². The standard InChI is InChI=1S/CH6NO3P.2ClH/c1-2-6(3,4)5;;/h1H3,(H3,2,3,4,5);2*1H. The Balaban J connectivity index is -0.000000125. The van der Waals surface area contributed by atoms with Gasteiger partial charge in [-0.15, -0.1) is 24.8 Å². The molecule has 54 valence electrons. The van der Waals surface area contributed by atoms with Gasteiger partial charge in [-0.3, -0.25) is 0 Å². The van der Waals surface area contributed by atoms with Gasteiger partial charge in [-0.25, -0.2) is 9.65 Å². The molecule has 0 aromatic rings. The molecule has 0 rings (SSSR count). The van der Waals surface area contributed by atoms with Crippen molar-refractivity contribution in [2.75, 3.05) is 7.05 Å². The molecule has 4 nitrogen and oxygen atoms in total. The molecule has 0 atom stereocenters. The largest absolute Gasteiger partial charge is 0.400 e. The molecule has 0 aromatic carbocycles. The zero-order valence-corrected chi connectivity index (χ0v) is 6.59. The van der Waals surface area contributed by atoms with Crippen molar-refractivity contribution in [1.29, 1.82) is 0 Å². The van der Waals surface area contributed by atoms with Crippen LogP contribution in [0.5, 0.6) is 0 Å². The van der Waals surface area contributed by atoms with E-state index in [1.54, 1.807) is 5.09 Å². The fourth-order valence-electron chi connectivity index (χ4n) is 0. The van der Waals surface area contributed by atoms with Crippen LogP contribution in [0.25, 0.3) is 0 Å². The SMILES string of the molecule is CNP(=O)(O)O.Cl.Cl. The van der Waals surface area contributed by atoms with E-state index in [2.05, 4.69) is 0 Å². The van der Waals surface area contributed by atoms with Crippen LogP contribution < -0.4 is 5.09 Å². The number of rotatable bonds is 1. The van der Waals surface area contributed by atoms with Crippen molar-refractivity contribution < 1.29 is 14.4 Å². The second-order valence-electron chi connectivity index (χ2n) is 0.768. The second kappa shape index (κ2) is 5.82. The third kappa shape index (κ3) is 15.9. The van der Waals surface area contributed by atoms with E-state index in [4.69, 9.17) is 9.79 Å². The summed E-state index contributed by atoms with van der Waals surface area (Å²) < 4.78 is 9.58. The lowest BCUT2D eigenvalue weighted by molar-refractivity contribution is 0.362. The molecule has 0 unspecified atom stereocenters. The normalized spacial score (nSPS) is 8.88. The summed E-state index contributed by atoms with van der Waals surface area (Å²) in [5.74, 6) is 0. The molecular weight excluding hydrogens is 176 g/mol. The summed E-state index contributed by atoms with van der Waals surface area (Å²) in [5, 5.41) is 1.77. The summed E-state index contributed by atoms with van der Waals surface area (Å²) in [6, 6.07) is 0. The first-order valence-electron chi connectivity index (χ1n) is 1.31. The van der Waals surface area contributed by atoms with Crippen LogP contribution in [0.3, 0.4) is 0 Å². The molecule has 0 aliphatic rings. The molecule has 0 aromatic heterocycles. The Labute approximate surface area is 59.7 Å². The van der Waals surface area contributed by atoms with Crippen LogP contribution in [0.15, 0.2) is 0 Å². The van der Waals surface area contributed by atoms with Crippen molar-refractivity contribution in [3.05, 3.63) is 0 Å². The molecule has 0 fully saturated rings. The maximum absolute atomic E-state index is 9.58. The van der Waals surface area contributed by atoms with E-state index in [0.29, 0.717) is 0 Å². The van der Waals surface area contributed by atoms with Gasteiger partial charge in [0.05, 0.1) is 0 Å². The fraction of sp³-hybridized carbons (Fsp3) is 1.00. The molecule has 7 heteroatoms. The number of nitrogens with one attached hydrogen (secondary N) is 1. The Morgan fingerprint density at radius 3 is 1.50 bits per heavy atom. The summed E-state index contributed by atoms with van der Waals surface area (Å²) in [4.78, 5) is 15.7. The van der Waals surface area contributed by atoms with Crippen LogP contribution in [0.1, 0.15) is 0 Å². The molecule has 0 aliphatic heterocycles. The second-order valence-corrected chi connectivity index (χ2v) is 2.30. The smallest absolute Gasteiger partial charge is 0.313 e. The minimum atomic E-state index is -3.90. The van der Waals surface area contributed by atoms with Crippen LogP contribution in [-0.4, -0.2) is 16.8 Å². The average molecular weight is 184 g/mol. The van der Waals surface area contributed by atoms with E-state index in [9.17, 15) is 4.57 Å². The fourth-order valence-corrected chi connectivity index (χ4v) is 0. The number of halogens is 2. The molecule has 0 amide bonds. The van der Waals surface area contributed by atoms with Crippen molar-refractivity contribution in [3.8, 4) is 0 Å². The topological polar surface area (TPSA) is 69.6 Å². The first-order valence-corrected chi connectivity index (χ1v) is 2.92. The van der Waals surface area contributed by atoms with Crippen molar-refractivity contribution in [2.24, 2.45) is 0 Å². The summed E-state index contributed by atoms with van der Waals surface area (Å²) in [6.07, 6.45) is 0. The Hall–Kier alpha value is 0.690. The maximum Gasteiger partial charge on any atom is 0.400 e. The van der Waals surface area contributed by atoms with Crippen LogP contribution in [0.4, 0.5) is 0 Å². The quantitative estimate of drug-likeness (QED) is 0.507. The lowest BCUT2D eigenvalue weighted by Crippen LogP contribution is -1.98. The first-order chi connectivity index (χ1) is 2.56. The van der Waals surface area contributed by atoms with Gasteiger partial charge in [-0.05, 0) is 7.05 Å². The van der Waals surface area contributed by atoms with Gasteiger partial charge in [-0.2, -0.15) is 0 Å². The van der Waals surface area contributed by atoms with E-state index in [-0.39, 0.29) is 24.8 Å². The maximum atomic E-state index is 9.58. The molecule has 0 heterocycles. The molecular formula is CH8Cl2NO3P. The van der Waals surface area contributed by atoms with Crippen molar-refractivity contribution in [3.63, 3.8) is 0 Å². The highest BCUT2D eigenvalue weighted by Gasteiger charge is 2.04. The van der Waals surface area contributed by atoms with E-state index >= 15 is 0 Å². The molecule has 0 radical (unpaired) electrons. The highest BCUT2D eigenvalue weighted by Crippen LogP contribution is 2.25.